The van der Waals surface area contributed by atoms with Crippen LogP contribution in [0.25, 0.3) is 33.3 Å². The number of nitrogens with zero attached hydrogens (tertiary/aromatic N) is 7. The Bertz CT molecular complexity index is 3200. The average molecular weight is 989 g/mol. The van der Waals surface area contributed by atoms with Gasteiger partial charge in [-0.25, -0.2) is 40.2 Å². The van der Waals surface area contributed by atoms with Crippen LogP contribution in [-0.2, 0) is 20.0 Å². The third-order valence-electron chi connectivity index (χ3n) is 13.3. The number of anilines is 1. The predicted octanol–water partition coefficient (Wildman–Crippen LogP) is 7.51. The van der Waals surface area contributed by atoms with Crippen molar-refractivity contribution in [3.63, 3.8) is 0 Å². The number of carbonyl (C=O) groups excluding carboxylic acids is 1. The minimum atomic E-state index is -4.74. The van der Waals surface area contributed by atoms with Gasteiger partial charge in [0.2, 0.25) is 10.0 Å². The van der Waals surface area contributed by atoms with E-state index in [0.717, 1.165) is 78.7 Å². The van der Waals surface area contributed by atoms with Crippen LogP contribution in [0.15, 0.2) is 95.7 Å². The second-order valence-corrected chi connectivity index (χ2v) is 22.8. The van der Waals surface area contributed by atoms with E-state index in [1.807, 2.05) is 30.3 Å². The summed E-state index contributed by atoms with van der Waals surface area (Å²) in [6.45, 7) is 7.65. The molecule has 5 heterocycles. The van der Waals surface area contributed by atoms with Gasteiger partial charge in [-0.05, 0) is 103 Å². The van der Waals surface area contributed by atoms with Gasteiger partial charge in [0.05, 0.1) is 32.8 Å². The van der Waals surface area contributed by atoms with Crippen molar-refractivity contribution in [1.82, 2.24) is 33.7 Å². The van der Waals surface area contributed by atoms with E-state index in [0.29, 0.717) is 40.5 Å². The van der Waals surface area contributed by atoms with Crippen molar-refractivity contribution < 1.29 is 35.7 Å². The SMILES string of the molecule is CC1(C)CCC(CN2CCN(c3ccc(C(=O)NS(=O)(=O)c4ccc(OCC5(F)CCN(S(C)(=O)=O)CC5)c([N+](=O)[O-])c4)c(-n4[nH]cc5nc6nccc6cc54)c3)CC2)=C(c2ccc(Cl)cc2)C1. The van der Waals surface area contributed by atoms with Crippen LogP contribution in [0.5, 0.6) is 5.75 Å². The fourth-order valence-corrected chi connectivity index (χ4v) is 11.3. The number of benzene rings is 3. The Morgan fingerprint density at radius 3 is 2.40 bits per heavy atom. The van der Waals surface area contributed by atoms with Crippen molar-refractivity contribution in [2.24, 2.45) is 5.41 Å². The molecule has 68 heavy (non-hydrogen) atoms. The number of aromatic amines is 1. The molecule has 0 atom stereocenters. The Kier molecular flexibility index (Phi) is 12.6. The van der Waals surface area contributed by atoms with Gasteiger partial charge in [-0.1, -0.05) is 43.2 Å². The summed E-state index contributed by atoms with van der Waals surface area (Å²) in [6, 6.07) is 19.7. The topological polar surface area (TPSA) is 206 Å². The average Bonchev–Trinajstić information content (AvgIpc) is 3.94. The maximum Gasteiger partial charge on any atom is 0.312 e. The van der Waals surface area contributed by atoms with Crippen LogP contribution in [0.3, 0.4) is 0 Å². The van der Waals surface area contributed by atoms with Gasteiger partial charge in [0.1, 0.15) is 17.8 Å². The summed E-state index contributed by atoms with van der Waals surface area (Å²) < 4.78 is 77.6. The first kappa shape index (κ1) is 47.1. The molecule has 2 N–H and O–H groups in total. The number of sulfonamides is 2. The van der Waals surface area contributed by atoms with Gasteiger partial charge in [0.15, 0.2) is 11.4 Å². The number of piperazine rings is 1. The monoisotopic (exact) mass is 987 g/mol. The molecule has 3 aromatic heterocycles. The van der Waals surface area contributed by atoms with E-state index < -0.39 is 59.5 Å². The van der Waals surface area contributed by atoms with E-state index in [1.165, 1.54) is 16.7 Å². The molecule has 1 aliphatic carbocycles. The van der Waals surface area contributed by atoms with Crippen molar-refractivity contribution in [1.29, 1.82) is 0 Å². The van der Waals surface area contributed by atoms with Crippen LogP contribution in [0.1, 0.15) is 61.9 Å². The Morgan fingerprint density at radius 1 is 0.956 bits per heavy atom. The highest BCUT2D eigenvalue weighted by atomic mass is 35.5. The number of halogens is 2. The largest absolute Gasteiger partial charge is 0.483 e. The molecule has 9 rings (SSSR count). The molecule has 358 valence electrons. The molecule has 3 aliphatic rings. The molecule has 2 fully saturated rings. The smallest absolute Gasteiger partial charge is 0.312 e. The Morgan fingerprint density at radius 2 is 1.69 bits per heavy atom. The van der Waals surface area contributed by atoms with Gasteiger partial charge in [-0.15, -0.1) is 0 Å². The van der Waals surface area contributed by atoms with Gasteiger partial charge in [0.25, 0.3) is 15.9 Å². The van der Waals surface area contributed by atoms with E-state index in [4.69, 9.17) is 16.3 Å². The lowest BCUT2D eigenvalue weighted by Crippen LogP contribution is -2.47. The third kappa shape index (κ3) is 9.96. The molecular formula is C47H51ClFN9O8S2. The number of nitrogens with one attached hydrogen (secondary N) is 2. The second-order valence-electron chi connectivity index (χ2n) is 18.7. The summed E-state index contributed by atoms with van der Waals surface area (Å²) >= 11 is 6.25. The number of H-pyrrole nitrogens is 1. The molecule has 3 aromatic carbocycles. The lowest BCUT2D eigenvalue weighted by molar-refractivity contribution is -0.386. The van der Waals surface area contributed by atoms with Crippen LogP contribution < -0.4 is 14.4 Å². The van der Waals surface area contributed by atoms with E-state index in [2.05, 4.69) is 55.6 Å². The van der Waals surface area contributed by atoms with Gasteiger partial charge >= 0.3 is 5.69 Å². The molecule has 21 heteroatoms. The predicted molar refractivity (Wildman–Crippen MR) is 258 cm³/mol. The number of hydrogen-bond acceptors (Lipinski definition) is 12. The molecule has 17 nitrogen and oxygen atoms in total. The first-order valence-electron chi connectivity index (χ1n) is 22.3. The van der Waals surface area contributed by atoms with Gasteiger partial charge in [0, 0.05) is 80.4 Å². The Hall–Kier alpha value is -5.93. The lowest BCUT2D eigenvalue weighted by atomic mass is 9.72. The molecule has 0 saturated carbocycles. The van der Waals surface area contributed by atoms with Gasteiger partial charge in [-0.3, -0.25) is 29.6 Å². The van der Waals surface area contributed by atoms with E-state index >= 15 is 4.39 Å². The number of hydrogen-bond donors (Lipinski definition) is 2. The molecule has 0 bridgehead atoms. The third-order valence-corrected chi connectivity index (χ3v) is 16.2. The zero-order valence-corrected chi connectivity index (χ0v) is 40.1. The van der Waals surface area contributed by atoms with Crippen molar-refractivity contribution >= 4 is 76.6 Å². The Labute approximate surface area is 398 Å². The van der Waals surface area contributed by atoms with Crippen LogP contribution >= 0.6 is 11.6 Å². The number of allylic oxidation sites excluding steroid dienone is 1. The molecule has 6 aromatic rings. The van der Waals surface area contributed by atoms with Crippen LogP contribution in [-0.4, -0.2) is 121 Å². The zero-order chi connectivity index (χ0) is 48.2. The van der Waals surface area contributed by atoms with Gasteiger partial charge < -0.3 is 9.64 Å². The van der Waals surface area contributed by atoms with Crippen molar-refractivity contribution in [2.75, 3.05) is 63.6 Å². The number of amides is 1. The second kappa shape index (κ2) is 18.2. The van der Waals surface area contributed by atoms with Crippen molar-refractivity contribution in [2.45, 2.75) is 56.5 Å². The number of carbonyl (C=O) groups is 1. The summed E-state index contributed by atoms with van der Waals surface area (Å²) in [7, 11) is -8.26. The number of rotatable bonds is 13. The molecule has 2 aliphatic heterocycles. The van der Waals surface area contributed by atoms with Gasteiger partial charge in [-0.2, -0.15) is 0 Å². The fourth-order valence-electron chi connectivity index (χ4n) is 9.34. The van der Waals surface area contributed by atoms with Crippen LogP contribution in [0.4, 0.5) is 15.8 Å². The highest BCUT2D eigenvalue weighted by Gasteiger charge is 2.39. The Balaban J connectivity index is 0.957. The van der Waals surface area contributed by atoms with Crippen LogP contribution in [0, 0.1) is 15.5 Å². The minimum absolute atomic E-state index is 0.0167. The molecule has 1 amide bonds. The number of pyridine rings is 1. The molecule has 0 spiro atoms. The number of nitro groups is 1. The fraction of sp³-hybridized carbons (Fsp3) is 0.383. The molecule has 0 radical (unpaired) electrons. The normalized spacial score (nSPS) is 18.3. The molecule has 0 unspecified atom stereocenters. The number of aromatic nitrogens is 4. The number of alkyl halides is 1. The maximum atomic E-state index is 15.6. The summed E-state index contributed by atoms with van der Waals surface area (Å²) in [5.41, 5.74) is 4.31. The number of nitro benzene ring substituents is 1. The highest BCUT2D eigenvalue weighted by Crippen LogP contribution is 2.43. The summed E-state index contributed by atoms with van der Waals surface area (Å²) in [4.78, 5) is 38.6. The zero-order valence-electron chi connectivity index (χ0n) is 37.7. The van der Waals surface area contributed by atoms with Crippen LogP contribution in [0.2, 0.25) is 5.02 Å². The number of fused-ring (bicyclic) bond motifs is 2. The maximum absolute atomic E-state index is 15.6. The quantitative estimate of drug-likeness (QED) is 0.0852. The first-order valence-corrected chi connectivity index (χ1v) is 26.0. The van der Waals surface area contributed by atoms with E-state index in [-0.39, 0.29) is 36.9 Å². The summed E-state index contributed by atoms with van der Waals surface area (Å²) in [6.07, 6.45) is 7.07. The van der Waals surface area contributed by atoms with E-state index in [1.54, 1.807) is 29.2 Å². The summed E-state index contributed by atoms with van der Waals surface area (Å²) in [5, 5.41) is 16.8. The summed E-state index contributed by atoms with van der Waals surface area (Å²) in [5.74, 6) is -1.39. The molecule has 2 saturated heterocycles. The van der Waals surface area contributed by atoms with Crippen molar-refractivity contribution in [3.8, 4) is 11.4 Å². The first-order chi connectivity index (χ1) is 32.2. The minimum Gasteiger partial charge on any atom is -0.483 e. The highest BCUT2D eigenvalue weighted by molar-refractivity contribution is 7.90. The standard InChI is InChI=1S/C47H51ClFN9O8S2/c1-46(2)14-12-33(38(27-46)31-4-6-34(48)7-5-31)29-54-20-22-55(23-21-54)35-8-10-37(40(25-35)57-41-24-32-13-17-50-44(32)52-39(41)28-51-57)45(59)53-68(64,65)36-9-11-43(42(26-36)58(60)61)66-30-47(49)15-18-56(19-16-47)67(3,62)63/h4-11,13,17,24-26,28,51H,12,14-16,18-23,27,29-30H2,1-3H3,(H,53,59). The van der Waals surface area contributed by atoms with Crippen molar-refractivity contribution in [3.05, 3.63) is 117 Å². The number of piperidine rings is 1. The lowest BCUT2D eigenvalue weighted by Gasteiger charge is -2.39. The number of ether oxygens (including phenoxy) is 1. The van der Waals surface area contributed by atoms with E-state index in [9.17, 15) is 31.7 Å². The molecular weight excluding hydrogens is 937 g/mol.